The topological polar surface area (TPSA) is 113 Å². The fourth-order valence-corrected chi connectivity index (χ4v) is 4.10. The average molecular weight is 431 g/mol. The molecule has 1 unspecified atom stereocenters. The van der Waals surface area contributed by atoms with Crippen molar-refractivity contribution in [1.82, 2.24) is 5.32 Å². The van der Waals surface area contributed by atoms with Gasteiger partial charge < -0.3 is 20.3 Å². The maximum atomic E-state index is 12.6. The second-order valence-corrected chi connectivity index (χ2v) is 7.55. The van der Waals surface area contributed by atoms with E-state index >= 15 is 0 Å². The monoisotopic (exact) mass is 431 g/mol. The van der Waals surface area contributed by atoms with Crippen molar-refractivity contribution in [3.63, 3.8) is 0 Å². The van der Waals surface area contributed by atoms with E-state index in [0.717, 1.165) is 22.3 Å². The van der Waals surface area contributed by atoms with Crippen LogP contribution in [0.15, 0.2) is 72.8 Å². The number of aliphatic carboxylic acids is 1. The van der Waals surface area contributed by atoms with Gasteiger partial charge in [-0.2, -0.15) is 0 Å². The summed E-state index contributed by atoms with van der Waals surface area (Å²) in [6.45, 7) is 0.0921. The van der Waals surface area contributed by atoms with E-state index in [1.54, 1.807) is 6.07 Å². The number of carboxylic acids is 2. The summed E-state index contributed by atoms with van der Waals surface area (Å²) in [4.78, 5) is 35.1. The summed E-state index contributed by atoms with van der Waals surface area (Å²) in [6, 6.07) is 20.8. The minimum absolute atomic E-state index is 0.00669. The van der Waals surface area contributed by atoms with Crippen molar-refractivity contribution in [2.75, 3.05) is 6.61 Å². The number of carbonyl (C=O) groups is 3. The molecule has 0 spiro atoms. The summed E-state index contributed by atoms with van der Waals surface area (Å²) in [5.74, 6) is -2.39. The normalized spacial score (nSPS) is 13.0. The Hall–Kier alpha value is -4.13. The Morgan fingerprint density at radius 2 is 1.50 bits per heavy atom. The summed E-state index contributed by atoms with van der Waals surface area (Å²) in [6.07, 6.45) is -1.17. The van der Waals surface area contributed by atoms with Gasteiger partial charge in [-0.3, -0.25) is 4.79 Å². The first-order valence-electron chi connectivity index (χ1n) is 10.1. The number of nitrogens with one attached hydrogen (secondary N) is 1. The Balaban J connectivity index is 1.49. The lowest BCUT2D eigenvalue weighted by molar-refractivity contribution is -0.137. The lowest BCUT2D eigenvalue weighted by Crippen LogP contribution is -2.31. The zero-order valence-corrected chi connectivity index (χ0v) is 17.0. The van der Waals surface area contributed by atoms with E-state index < -0.39 is 30.5 Å². The number of amides is 1. The van der Waals surface area contributed by atoms with Gasteiger partial charge in [0.1, 0.15) is 6.61 Å². The standard InChI is InChI=1S/C25H21NO6/c27-23(28)13-22(15-6-5-7-16(12-15)24(29)30)26-25(31)32-14-21-19-10-3-1-8-17(19)18-9-2-4-11-20(18)21/h1-12,21-22H,13-14H2,(H,26,31)(H,27,28)(H,29,30). The molecule has 4 rings (SSSR count). The molecule has 1 atom stereocenters. The van der Waals surface area contributed by atoms with E-state index in [1.807, 2.05) is 48.5 Å². The molecular formula is C25H21NO6. The minimum Gasteiger partial charge on any atom is -0.481 e. The number of benzene rings is 3. The molecule has 0 heterocycles. The summed E-state index contributed by atoms with van der Waals surface area (Å²) in [5.41, 5.74) is 4.72. The summed E-state index contributed by atoms with van der Waals surface area (Å²) >= 11 is 0. The van der Waals surface area contributed by atoms with E-state index in [0.29, 0.717) is 5.56 Å². The number of carboxylic acid groups (broad SMARTS) is 2. The number of rotatable bonds is 7. The van der Waals surface area contributed by atoms with E-state index in [1.165, 1.54) is 18.2 Å². The van der Waals surface area contributed by atoms with Gasteiger partial charge in [0.05, 0.1) is 18.0 Å². The highest BCUT2D eigenvalue weighted by atomic mass is 16.5. The van der Waals surface area contributed by atoms with Gasteiger partial charge in [-0.05, 0) is 39.9 Å². The Kier molecular flexibility index (Phi) is 5.89. The van der Waals surface area contributed by atoms with E-state index in [2.05, 4.69) is 5.32 Å². The van der Waals surface area contributed by atoms with Crippen LogP contribution in [0, 0.1) is 0 Å². The van der Waals surface area contributed by atoms with Crippen LogP contribution >= 0.6 is 0 Å². The predicted molar refractivity (Wildman–Crippen MR) is 117 cm³/mol. The number of alkyl carbamates (subject to hydrolysis) is 1. The SMILES string of the molecule is O=C(O)CC(NC(=O)OCC1c2ccccc2-c2ccccc21)c1cccc(C(=O)O)c1. The molecule has 0 radical (unpaired) electrons. The molecule has 0 aromatic heterocycles. The third-order valence-corrected chi connectivity index (χ3v) is 5.55. The van der Waals surface area contributed by atoms with Gasteiger partial charge in [0.25, 0.3) is 0 Å². The van der Waals surface area contributed by atoms with Gasteiger partial charge in [-0.15, -0.1) is 0 Å². The predicted octanol–water partition coefficient (Wildman–Crippen LogP) is 4.44. The first kappa shape index (κ1) is 21.1. The zero-order valence-electron chi connectivity index (χ0n) is 17.0. The fourth-order valence-electron chi connectivity index (χ4n) is 4.10. The Labute approximate surface area is 184 Å². The van der Waals surface area contributed by atoms with Crippen molar-refractivity contribution in [2.45, 2.75) is 18.4 Å². The maximum Gasteiger partial charge on any atom is 0.407 e. The second kappa shape index (κ2) is 8.93. The van der Waals surface area contributed by atoms with E-state index in [4.69, 9.17) is 4.74 Å². The largest absolute Gasteiger partial charge is 0.481 e. The molecule has 32 heavy (non-hydrogen) atoms. The Bertz CT molecular complexity index is 1140. The van der Waals surface area contributed by atoms with Crippen molar-refractivity contribution >= 4 is 18.0 Å². The molecule has 0 bridgehead atoms. The maximum absolute atomic E-state index is 12.6. The third-order valence-electron chi connectivity index (χ3n) is 5.55. The van der Waals surface area contributed by atoms with Crippen LogP contribution in [-0.4, -0.2) is 34.9 Å². The van der Waals surface area contributed by atoms with Gasteiger partial charge in [-0.1, -0.05) is 60.7 Å². The molecule has 3 N–H and O–H groups in total. The number of ether oxygens (including phenoxy) is 1. The Morgan fingerprint density at radius 3 is 2.09 bits per heavy atom. The van der Waals surface area contributed by atoms with Gasteiger partial charge in [0.15, 0.2) is 0 Å². The van der Waals surface area contributed by atoms with Crippen molar-refractivity contribution in [3.8, 4) is 11.1 Å². The number of fused-ring (bicyclic) bond motifs is 3. The van der Waals surface area contributed by atoms with Crippen LogP contribution in [0.2, 0.25) is 0 Å². The van der Waals surface area contributed by atoms with Crippen LogP contribution in [0.25, 0.3) is 11.1 Å². The highest BCUT2D eigenvalue weighted by Crippen LogP contribution is 2.44. The van der Waals surface area contributed by atoms with Crippen molar-refractivity contribution in [3.05, 3.63) is 95.1 Å². The molecule has 162 valence electrons. The highest BCUT2D eigenvalue weighted by molar-refractivity contribution is 5.88. The third kappa shape index (κ3) is 4.32. The zero-order chi connectivity index (χ0) is 22.7. The number of aromatic carboxylic acids is 1. The molecule has 1 amide bonds. The first-order chi connectivity index (χ1) is 15.4. The van der Waals surface area contributed by atoms with Crippen LogP contribution in [0.3, 0.4) is 0 Å². The number of hydrogen-bond donors (Lipinski definition) is 3. The first-order valence-corrected chi connectivity index (χ1v) is 10.1. The minimum atomic E-state index is -1.14. The van der Waals surface area contributed by atoms with Crippen LogP contribution in [0.1, 0.15) is 45.4 Å². The van der Waals surface area contributed by atoms with E-state index in [-0.39, 0.29) is 18.1 Å². The van der Waals surface area contributed by atoms with Gasteiger partial charge in [0.2, 0.25) is 0 Å². The molecule has 3 aromatic rings. The molecule has 0 aliphatic heterocycles. The summed E-state index contributed by atoms with van der Waals surface area (Å²) < 4.78 is 5.49. The number of carbonyl (C=O) groups excluding carboxylic acids is 1. The van der Waals surface area contributed by atoms with Crippen LogP contribution in [0.4, 0.5) is 4.79 Å². The lowest BCUT2D eigenvalue weighted by atomic mass is 9.98. The highest BCUT2D eigenvalue weighted by Gasteiger charge is 2.29. The summed E-state index contributed by atoms with van der Waals surface area (Å²) in [7, 11) is 0. The molecule has 7 nitrogen and oxygen atoms in total. The molecule has 0 saturated carbocycles. The van der Waals surface area contributed by atoms with Crippen molar-refractivity contribution in [2.24, 2.45) is 0 Å². The number of hydrogen-bond acceptors (Lipinski definition) is 4. The lowest BCUT2D eigenvalue weighted by Gasteiger charge is -2.19. The average Bonchev–Trinajstić information content (AvgIpc) is 3.11. The van der Waals surface area contributed by atoms with Crippen LogP contribution in [0.5, 0.6) is 0 Å². The van der Waals surface area contributed by atoms with Crippen LogP contribution in [-0.2, 0) is 9.53 Å². The molecule has 1 aliphatic carbocycles. The van der Waals surface area contributed by atoms with Gasteiger partial charge in [0, 0.05) is 5.92 Å². The molecule has 7 heteroatoms. The molecular weight excluding hydrogens is 410 g/mol. The molecule has 0 saturated heterocycles. The fraction of sp³-hybridized carbons (Fsp3) is 0.160. The molecule has 3 aromatic carbocycles. The van der Waals surface area contributed by atoms with Crippen molar-refractivity contribution < 1.29 is 29.3 Å². The molecule has 0 fully saturated rings. The van der Waals surface area contributed by atoms with Gasteiger partial charge in [-0.25, -0.2) is 9.59 Å². The van der Waals surface area contributed by atoms with E-state index in [9.17, 15) is 24.6 Å². The smallest absolute Gasteiger partial charge is 0.407 e. The summed E-state index contributed by atoms with van der Waals surface area (Å²) in [5, 5.41) is 21.0. The Morgan fingerprint density at radius 1 is 0.875 bits per heavy atom. The molecule has 1 aliphatic rings. The van der Waals surface area contributed by atoms with Crippen molar-refractivity contribution in [1.29, 1.82) is 0 Å². The van der Waals surface area contributed by atoms with Gasteiger partial charge >= 0.3 is 18.0 Å². The quantitative estimate of drug-likeness (QED) is 0.510. The van der Waals surface area contributed by atoms with Crippen LogP contribution < -0.4 is 5.32 Å². The second-order valence-electron chi connectivity index (χ2n) is 7.55.